The van der Waals surface area contributed by atoms with E-state index in [0.29, 0.717) is 12.4 Å². The predicted molar refractivity (Wildman–Crippen MR) is 71.9 cm³/mol. The second kappa shape index (κ2) is 6.36. The van der Waals surface area contributed by atoms with Gasteiger partial charge in [0.15, 0.2) is 5.82 Å². The van der Waals surface area contributed by atoms with E-state index in [1.54, 1.807) is 31.7 Å². The lowest BCUT2D eigenvalue weighted by Gasteiger charge is -2.27. The van der Waals surface area contributed by atoms with E-state index in [4.69, 9.17) is 5.11 Å². The van der Waals surface area contributed by atoms with Crippen molar-refractivity contribution < 1.29 is 14.7 Å². The van der Waals surface area contributed by atoms with Crippen LogP contribution in [-0.2, 0) is 17.9 Å². The number of nitrogens with one attached hydrogen (secondary N) is 2. The van der Waals surface area contributed by atoms with Gasteiger partial charge in [-0.3, -0.25) is 0 Å². The molecule has 2 amide bonds. The Morgan fingerprint density at radius 3 is 2.60 bits per heavy atom. The third kappa shape index (κ3) is 4.22. The quantitative estimate of drug-likeness (QED) is 0.733. The number of amides is 2. The van der Waals surface area contributed by atoms with Gasteiger partial charge in [0.25, 0.3) is 0 Å². The van der Waals surface area contributed by atoms with Crippen LogP contribution in [0.5, 0.6) is 0 Å². The summed E-state index contributed by atoms with van der Waals surface area (Å²) in [5.41, 5.74) is -0.577. The van der Waals surface area contributed by atoms with Crippen molar-refractivity contribution in [3.05, 3.63) is 12.2 Å². The Labute approximate surface area is 117 Å². The van der Waals surface area contributed by atoms with Crippen molar-refractivity contribution in [2.45, 2.75) is 46.8 Å². The lowest BCUT2D eigenvalue weighted by molar-refractivity contribution is -0.141. The normalized spacial score (nSPS) is 12.8. The molecular weight excluding hydrogens is 262 g/mol. The van der Waals surface area contributed by atoms with E-state index in [-0.39, 0.29) is 6.54 Å². The van der Waals surface area contributed by atoms with Crippen LogP contribution in [0.2, 0.25) is 0 Å². The largest absolute Gasteiger partial charge is 0.480 e. The summed E-state index contributed by atoms with van der Waals surface area (Å²) in [6.07, 6.45) is 1.57. The minimum atomic E-state index is -1.07. The highest BCUT2D eigenvalue weighted by Crippen LogP contribution is 2.19. The van der Waals surface area contributed by atoms with E-state index in [2.05, 4.69) is 20.8 Å². The number of carboxylic acid groups (broad SMARTS) is 1. The maximum Gasteiger partial charge on any atom is 0.326 e. The lowest BCUT2D eigenvalue weighted by Crippen LogP contribution is -2.52. The van der Waals surface area contributed by atoms with Gasteiger partial charge in [0.2, 0.25) is 0 Å². The van der Waals surface area contributed by atoms with Crippen LogP contribution in [-0.4, -0.2) is 37.9 Å². The van der Waals surface area contributed by atoms with E-state index < -0.39 is 23.5 Å². The predicted octanol–water partition coefficient (Wildman–Crippen LogP) is 0.596. The summed E-state index contributed by atoms with van der Waals surface area (Å²) < 4.78 is 1.79. The molecule has 8 heteroatoms. The lowest BCUT2D eigenvalue weighted by atomic mass is 9.87. The number of rotatable bonds is 5. The molecule has 1 heterocycles. The number of aliphatic carboxylic acids is 1. The average molecular weight is 283 g/mol. The fourth-order valence-corrected chi connectivity index (χ4v) is 1.67. The minimum Gasteiger partial charge on any atom is -0.480 e. The van der Waals surface area contributed by atoms with Crippen molar-refractivity contribution in [1.29, 1.82) is 0 Å². The van der Waals surface area contributed by atoms with Crippen LogP contribution in [0.1, 0.15) is 33.5 Å². The molecule has 0 unspecified atom stereocenters. The molecule has 112 valence electrons. The first-order chi connectivity index (χ1) is 9.25. The SMILES string of the molecule is CCn1cnnc1CNC(=O)N[C@@H](C(=O)O)C(C)(C)C. The van der Waals surface area contributed by atoms with Gasteiger partial charge in [-0.2, -0.15) is 0 Å². The minimum absolute atomic E-state index is 0.191. The molecule has 0 aliphatic heterocycles. The van der Waals surface area contributed by atoms with Gasteiger partial charge in [0.05, 0.1) is 6.54 Å². The number of aryl methyl sites for hydroxylation is 1. The number of hydrogen-bond donors (Lipinski definition) is 3. The van der Waals surface area contributed by atoms with Crippen LogP contribution in [0.15, 0.2) is 6.33 Å². The number of carbonyl (C=O) groups excluding carboxylic acids is 1. The molecule has 0 fully saturated rings. The first-order valence-electron chi connectivity index (χ1n) is 6.39. The highest BCUT2D eigenvalue weighted by Gasteiger charge is 2.32. The van der Waals surface area contributed by atoms with Crippen molar-refractivity contribution in [2.75, 3.05) is 0 Å². The Morgan fingerprint density at radius 1 is 1.45 bits per heavy atom. The van der Waals surface area contributed by atoms with Crippen LogP contribution >= 0.6 is 0 Å². The van der Waals surface area contributed by atoms with E-state index in [1.165, 1.54) is 0 Å². The number of carboxylic acids is 1. The second-order valence-electron chi connectivity index (χ2n) is 5.50. The van der Waals surface area contributed by atoms with E-state index in [9.17, 15) is 9.59 Å². The van der Waals surface area contributed by atoms with Crippen molar-refractivity contribution in [2.24, 2.45) is 5.41 Å². The Balaban J connectivity index is 2.57. The summed E-state index contributed by atoms with van der Waals surface area (Å²) >= 11 is 0. The van der Waals surface area contributed by atoms with Gasteiger partial charge < -0.3 is 20.3 Å². The van der Waals surface area contributed by atoms with Gasteiger partial charge in [-0.1, -0.05) is 20.8 Å². The van der Waals surface area contributed by atoms with Crippen molar-refractivity contribution in [1.82, 2.24) is 25.4 Å². The highest BCUT2D eigenvalue weighted by molar-refractivity contribution is 5.83. The fraction of sp³-hybridized carbons (Fsp3) is 0.667. The maximum absolute atomic E-state index is 11.8. The van der Waals surface area contributed by atoms with E-state index >= 15 is 0 Å². The maximum atomic E-state index is 11.8. The number of aromatic nitrogens is 3. The Hall–Kier alpha value is -2.12. The summed E-state index contributed by atoms with van der Waals surface area (Å²) in [5, 5.41) is 21.8. The molecular formula is C12H21N5O3. The Morgan fingerprint density at radius 2 is 2.10 bits per heavy atom. The number of nitrogens with zero attached hydrogens (tertiary/aromatic N) is 3. The Kier molecular flexibility index (Phi) is 5.06. The van der Waals surface area contributed by atoms with Crippen LogP contribution < -0.4 is 10.6 Å². The summed E-state index contributed by atoms with van der Waals surface area (Å²) in [6, 6.07) is -1.51. The summed E-state index contributed by atoms with van der Waals surface area (Å²) in [6.45, 7) is 8.08. The van der Waals surface area contributed by atoms with Crippen LogP contribution in [0.4, 0.5) is 4.79 Å². The smallest absolute Gasteiger partial charge is 0.326 e. The van der Waals surface area contributed by atoms with Crippen LogP contribution in [0.25, 0.3) is 0 Å². The van der Waals surface area contributed by atoms with Crippen LogP contribution in [0, 0.1) is 5.41 Å². The summed E-state index contributed by atoms with van der Waals surface area (Å²) in [7, 11) is 0. The zero-order valence-electron chi connectivity index (χ0n) is 12.2. The van der Waals surface area contributed by atoms with Gasteiger partial charge in [-0.05, 0) is 12.3 Å². The first-order valence-corrected chi connectivity index (χ1v) is 6.39. The standard InChI is InChI=1S/C12H21N5O3/c1-5-17-7-14-16-8(17)6-13-11(20)15-9(10(18)19)12(2,3)4/h7,9H,5-6H2,1-4H3,(H,18,19)(H2,13,15,20)/t9-/m0/s1. The molecule has 1 aromatic rings. The van der Waals surface area contributed by atoms with Crippen molar-refractivity contribution >= 4 is 12.0 Å². The summed E-state index contributed by atoms with van der Waals surface area (Å²) in [5.74, 6) is -0.449. The molecule has 0 saturated heterocycles. The molecule has 3 N–H and O–H groups in total. The van der Waals surface area contributed by atoms with Gasteiger partial charge >= 0.3 is 12.0 Å². The van der Waals surface area contributed by atoms with E-state index in [1.807, 2.05) is 6.92 Å². The molecule has 1 rings (SSSR count). The zero-order chi connectivity index (χ0) is 15.3. The third-order valence-electron chi connectivity index (χ3n) is 2.83. The zero-order valence-corrected chi connectivity index (χ0v) is 12.2. The molecule has 8 nitrogen and oxygen atoms in total. The molecule has 1 atom stereocenters. The van der Waals surface area contributed by atoms with Crippen molar-refractivity contribution in [3.8, 4) is 0 Å². The molecule has 0 aromatic carbocycles. The van der Waals surface area contributed by atoms with E-state index in [0.717, 1.165) is 0 Å². The summed E-state index contributed by atoms with van der Waals surface area (Å²) in [4.78, 5) is 22.9. The Bertz CT molecular complexity index is 478. The van der Waals surface area contributed by atoms with Gasteiger partial charge in [-0.25, -0.2) is 9.59 Å². The monoisotopic (exact) mass is 283 g/mol. The third-order valence-corrected chi connectivity index (χ3v) is 2.83. The molecule has 0 saturated carbocycles. The van der Waals surface area contributed by atoms with Gasteiger partial charge in [0, 0.05) is 6.54 Å². The molecule has 0 spiro atoms. The molecule has 1 aromatic heterocycles. The number of carbonyl (C=O) groups is 2. The van der Waals surface area contributed by atoms with Gasteiger partial charge in [-0.15, -0.1) is 10.2 Å². The second-order valence-corrected chi connectivity index (χ2v) is 5.50. The highest BCUT2D eigenvalue weighted by atomic mass is 16.4. The first kappa shape index (κ1) is 15.9. The van der Waals surface area contributed by atoms with Crippen molar-refractivity contribution in [3.63, 3.8) is 0 Å². The number of hydrogen-bond acceptors (Lipinski definition) is 4. The number of urea groups is 1. The molecule has 0 aliphatic carbocycles. The molecule has 20 heavy (non-hydrogen) atoms. The molecule has 0 radical (unpaired) electrons. The molecule has 0 aliphatic rings. The van der Waals surface area contributed by atoms with Gasteiger partial charge in [0.1, 0.15) is 12.4 Å². The topological polar surface area (TPSA) is 109 Å². The average Bonchev–Trinajstić information content (AvgIpc) is 2.78. The fourth-order valence-electron chi connectivity index (χ4n) is 1.67. The van der Waals surface area contributed by atoms with Crippen LogP contribution in [0.3, 0.4) is 0 Å². The molecule has 0 bridgehead atoms.